The Morgan fingerprint density at radius 3 is 2.88 bits per heavy atom. The van der Waals surface area contributed by atoms with Gasteiger partial charge in [-0.05, 0) is 36.7 Å². The summed E-state index contributed by atoms with van der Waals surface area (Å²) in [5.41, 5.74) is 2.62. The highest BCUT2D eigenvalue weighted by Crippen LogP contribution is 2.27. The number of hydrogen-bond donors (Lipinski definition) is 1. The number of nitrogens with one attached hydrogen (secondary N) is 1. The molecule has 1 N–H and O–H groups in total. The first-order chi connectivity index (χ1) is 15.8. The predicted molar refractivity (Wildman–Crippen MR) is 119 cm³/mol. The third kappa shape index (κ3) is 4.79. The second-order valence-electron chi connectivity index (χ2n) is 8.50. The van der Waals surface area contributed by atoms with E-state index in [1.165, 1.54) is 5.56 Å². The van der Waals surface area contributed by atoms with Crippen molar-refractivity contribution in [3.05, 3.63) is 59.8 Å². The van der Waals surface area contributed by atoms with Gasteiger partial charge in [0.25, 0.3) is 5.91 Å². The first kappa shape index (κ1) is 21.0. The van der Waals surface area contributed by atoms with E-state index in [-0.39, 0.29) is 5.91 Å². The van der Waals surface area contributed by atoms with Crippen LogP contribution in [0.5, 0.6) is 0 Å². The molecule has 168 valence electrons. The van der Waals surface area contributed by atoms with Crippen molar-refractivity contribution in [1.82, 2.24) is 34.7 Å². The molecule has 3 aromatic rings. The summed E-state index contributed by atoms with van der Waals surface area (Å²) < 4.78 is 7.35. The topological polar surface area (TPSA) is 87.9 Å². The normalized spacial score (nSPS) is 20.1. The molecule has 0 aliphatic carbocycles. The molecule has 0 radical (unpaired) electrons. The summed E-state index contributed by atoms with van der Waals surface area (Å²) in [6.07, 6.45) is 6.62. The third-order valence-corrected chi connectivity index (χ3v) is 6.27. The van der Waals surface area contributed by atoms with Crippen LogP contribution in [0, 0.1) is 0 Å². The van der Waals surface area contributed by atoms with Crippen LogP contribution in [0.4, 0.5) is 0 Å². The first-order valence-electron chi connectivity index (χ1n) is 11.3. The van der Waals surface area contributed by atoms with Gasteiger partial charge in [0.2, 0.25) is 0 Å². The van der Waals surface area contributed by atoms with Gasteiger partial charge in [-0.1, -0.05) is 6.07 Å². The molecule has 32 heavy (non-hydrogen) atoms. The van der Waals surface area contributed by atoms with Crippen LogP contribution in [-0.2, 0) is 11.3 Å². The third-order valence-electron chi connectivity index (χ3n) is 6.27. The van der Waals surface area contributed by atoms with Crippen LogP contribution in [0.25, 0.3) is 5.65 Å². The van der Waals surface area contributed by atoms with Crippen LogP contribution in [0.15, 0.2) is 42.9 Å². The van der Waals surface area contributed by atoms with Crippen LogP contribution >= 0.6 is 0 Å². The average Bonchev–Trinajstić information content (AvgIpc) is 3.46. The number of carbonyl (C=O) groups excluding carboxylic acids is 1. The van der Waals surface area contributed by atoms with Gasteiger partial charge in [0.15, 0.2) is 5.65 Å². The molecule has 2 aliphatic heterocycles. The lowest BCUT2D eigenvalue weighted by Gasteiger charge is -2.26. The van der Waals surface area contributed by atoms with Crippen LogP contribution in [0.2, 0.25) is 0 Å². The van der Waals surface area contributed by atoms with E-state index in [9.17, 15) is 4.79 Å². The molecular weight excluding hydrogens is 406 g/mol. The number of aromatic nitrogens is 4. The maximum atomic E-state index is 12.7. The van der Waals surface area contributed by atoms with Gasteiger partial charge in [-0.15, -0.1) is 10.2 Å². The van der Waals surface area contributed by atoms with Crippen molar-refractivity contribution >= 4 is 11.6 Å². The largest absolute Gasteiger partial charge is 0.379 e. The zero-order valence-electron chi connectivity index (χ0n) is 18.2. The van der Waals surface area contributed by atoms with Crippen molar-refractivity contribution < 1.29 is 9.53 Å². The highest BCUT2D eigenvalue weighted by atomic mass is 16.5. The molecule has 2 aliphatic rings. The van der Waals surface area contributed by atoms with E-state index in [4.69, 9.17) is 4.74 Å². The molecule has 0 spiro atoms. The van der Waals surface area contributed by atoms with Gasteiger partial charge in [-0.25, -0.2) is 0 Å². The fraction of sp³-hybridized carbons (Fsp3) is 0.478. The minimum Gasteiger partial charge on any atom is -0.379 e. The molecule has 9 heteroatoms. The Bertz CT molecular complexity index is 1050. The van der Waals surface area contributed by atoms with Gasteiger partial charge in [-0.3, -0.25) is 24.0 Å². The van der Waals surface area contributed by atoms with E-state index in [0.717, 1.165) is 70.4 Å². The second-order valence-corrected chi connectivity index (χ2v) is 8.50. The van der Waals surface area contributed by atoms with Crippen LogP contribution in [-0.4, -0.2) is 87.8 Å². The van der Waals surface area contributed by atoms with Gasteiger partial charge in [0.05, 0.1) is 18.8 Å². The number of ether oxygens (including phenoxy) is 1. The van der Waals surface area contributed by atoms with Gasteiger partial charge in [0.1, 0.15) is 5.82 Å². The molecule has 0 bridgehead atoms. The van der Waals surface area contributed by atoms with E-state index >= 15 is 0 Å². The fourth-order valence-electron chi connectivity index (χ4n) is 4.51. The summed E-state index contributed by atoms with van der Waals surface area (Å²) >= 11 is 0. The monoisotopic (exact) mass is 435 g/mol. The van der Waals surface area contributed by atoms with Gasteiger partial charge >= 0.3 is 0 Å². The number of fused-ring (bicyclic) bond motifs is 1. The molecule has 0 aromatic carbocycles. The molecule has 2 fully saturated rings. The number of hydrogen-bond acceptors (Lipinski definition) is 7. The maximum Gasteiger partial charge on any atom is 0.252 e. The Hall–Kier alpha value is -2.88. The summed E-state index contributed by atoms with van der Waals surface area (Å²) in [5, 5.41) is 11.8. The molecule has 1 amide bonds. The Labute approximate surface area is 187 Å². The molecule has 2 saturated heterocycles. The van der Waals surface area contributed by atoms with E-state index < -0.39 is 0 Å². The molecule has 9 nitrogen and oxygen atoms in total. The standard InChI is InChI=1S/C23H29N7O2/c31-23(25-7-9-28-10-12-32-13-11-28)20-3-4-21-26-27-22(30(21)17-20)19-5-8-29(16-19)15-18-2-1-6-24-14-18/h1-4,6,14,17,19H,5,7-13,15-16H2,(H,25,31). The highest BCUT2D eigenvalue weighted by molar-refractivity contribution is 5.94. The molecular formula is C23H29N7O2. The van der Waals surface area contributed by atoms with Gasteiger partial charge in [-0.2, -0.15) is 0 Å². The van der Waals surface area contributed by atoms with E-state index in [2.05, 4.69) is 36.4 Å². The summed E-state index contributed by atoms with van der Waals surface area (Å²) in [6, 6.07) is 7.77. The Kier molecular flexibility index (Phi) is 6.38. The van der Waals surface area contributed by atoms with Gasteiger partial charge in [0, 0.05) is 63.8 Å². The zero-order chi connectivity index (χ0) is 21.8. The van der Waals surface area contributed by atoms with E-state index in [1.807, 2.05) is 35.0 Å². The number of amides is 1. The quantitative estimate of drug-likeness (QED) is 0.596. The van der Waals surface area contributed by atoms with E-state index in [0.29, 0.717) is 18.0 Å². The van der Waals surface area contributed by atoms with E-state index in [1.54, 1.807) is 6.20 Å². The van der Waals surface area contributed by atoms with Crippen LogP contribution in [0.1, 0.15) is 34.1 Å². The number of pyridine rings is 2. The minimum atomic E-state index is -0.0653. The number of morpholine rings is 1. The molecule has 5 heterocycles. The minimum absolute atomic E-state index is 0.0653. The van der Waals surface area contributed by atoms with Crippen molar-refractivity contribution in [1.29, 1.82) is 0 Å². The van der Waals surface area contributed by atoms with Crippen LogP contribution in [0.3, 0.4) is 0 Å². The second kappa shape index (κ2) is 9.72. The van der Waals surface area contributed by atoms with Crippen molar-refractivity contribution in [2.75, 3.05) is 52.5 Å². The van der Waals surface area contributed by atoms with Crippen molar-refractivity contribution in [2.24, 2.45) is 0 Å². The molecule has 0 saturated carbocycles. The lowest BCUT2D eigenvalue weighted by molar-refractivity contribution is 0.0383. The molecule has 1 atom stereocenters. The molecule has 3 aromatic heterocycles. The average molecular weight is 436 g/mol. The maximum absolute atomic E-state index is 12.7. The highest BCUT2D eigenvalue weighted by Gasteiger charge is 2.28. The smallest absolute Gasteiger partial charge is 0.252 e. The van der Waals surface area contributed by atoms with Crippen molar-refractivity contribution in [3.63, 3.8) is 0 Å². The Balaban J connectivity index is 1.22. The summed E-state index contributed by atoms with van der Waals surface area (Å²) in [5.74, 6) is 1.15. The number of nitrogens with zero attached hydrogens (tertiary/aromatic N) is 6. The van der Waals surface area contributed by atoms with Crippen LogP contribution < -0.4 is 5.32 Å². The zero-order valence-corrected chi connectivity index (χ0v) is 18.2. The molecule has 5 rings (SSSR count). The Morgan fingerprint density at radius 2 is 2.03 bits per heavy atom. The molecule has 1 unspecified atom stereocenters. The Morgan fingerprint density at radius 1 is 1.12 bits per heavy atom. The first-order valence-corrected chi connectivity index (χ1v) is 11.3. The van der Waals surface area contributed by atoms with Crippen molar-refractivity contribution in [2.45, 2.75) is 18.9 Å². The summed E-state index contributed by atoms with van der Waals surface area (Å²) in [4.78, 5) is 21.7. The number of likely N-dealkylation sites (tertiary alicyclic amines) is 1. The summed E-state index contributed by atoms with van der Waals surface area (Å²) in [7, 11) is 0. The predicted octanol–water partition coefficient (Wildman–Crippen LogP) is 1.18. The fourth-order valence-corrected chi connectivity index (χ4v) is 4.51. The number of rotatable bonds is 7. The number of carbonyl (C=O) groups is 1. The lowest BCUT2D eigenvalue weighted by atomic mass is 10.1. The van der Waals surface area contributed by atoms with Gasteiger partial charge < -0.3 is 10.1 Å². The summed E-state index contributed by atoms with van der Waals surface area (Å²) in [6.45, 7) is 7.65. The lowest BCUT2D eigenvalue weighted by Crippen LogP contribution is -2.41. The van der Waals surface area contributed by atoms with Crippen molar-refractivity contribution in [3.8, 4) is 0 Å². The SMILES string of the molecule is O=C(NCCN1CCOCC1)c1ccc2nnc(C3CCN(Cc4cccnc4)C3)n2c1.